The Balaban J connectivity index is 1.87. The first-order valence-corrected chi connectivity index (χ1v) is 5.06. The fourth-order valence-electron chi connectivity index (χ4n) is 1.13. The van der Waals surface area contributed by atoms with E-state index >= 15 is 0 Å². The predicted molar refractivity (Wildman–Crippen MR) is 53.1 cm³/mol. The van der Waals surface area contributed by atoms with E-state index in [9.17, 15) is 0 Å². The lowest BCUT2D eigenvalue weighted by atomic mass is 10.6. The van der Waals surface area contributed by atoms with Gasteiger partial charge in [-0.25, -0.2) is 0 Å². The van der Waals surface area contributed by atoms with Gasteiger partial charge in [-0.2, -0.15) is 4.98 Å². The third-order valence-electron chi connectivity index (χ3n) is 2.39. The van der Waals surface area contributed by atoms with Gasteiger partial charge in [0.15, 0.2) is 0 Å². The zero-order chi connectivity index (χ0) is 9.97. The van der Waals surface area contributed by atoms with Gasteiger partial charge in [0.25, 0.3) is 5.95 Å². The highest BCUT2D eigenvalue weighted by Crippen LogP contribution is 2.19. The number of rotatable bonds is 5. The van der Waals surface area contributed by atoms with Crippen molar-refractivity contribution >= 4 is 5.95 Å². The Morgan fingerprint density at radius 3 is 3.00 bits per heavy atom. The van der Waals surface area contributed by atoms with E-state index in [2.05, 4.69) is 22.4 Å². The summed E-state index contributed by atoms with van der Waals surface area (Å²) in [5, 5.41) is 7.21. The average molecular weight is 196 g/mol. The zero-order valence-electron chi connectivity index (χ0n) is 8.66. The quantitative estimate of drug-likeness (QED) is 0.754. The van der Waals surface area contributed by atoms with E-state index in [1.165, 1.54) is 12.8 Å². The summed E-state index contributed by atoms with van der Waals surface area (Å²) in [7, 11) is 1.95. The molecule has 0 amide bonds. The average Bonchev–Trinajstić information content (AvgIpc) is 2.92. The normalized spacial score (nSPS) is 15.9. The molecular weight excluding hydrogens is 180 g/mol. The van der Waals surface area contributed by atoms with Crippen LogP contribution in [-0.4, -0.2) is 29.8 Å². The second-order valence-electron chi connectivity index (χ2n) is 3.66. The summed E-state index contributed by atoms with van der Waals surface area (Å²) in [5.74, 6) is 1.34. The molecule has 0 aromatic carbocycles. The second kappa shape index (κ2) is 3.96. The lowest BCUT2D eigenvalue weighted by Crippen LogP contribution is -2.18. The molecule has 5 heteroatoms. The third kappa shape index (κ3) is 2.23. The molecule has 78 valence electrons. The van der Waals surface area contributed by atoms with Crippen LogP contribution in [0.3, 0.4) is 0 Å². The van der Waals surface area contributed by atoms with E-state index in [-0.39, 0.29) is 0 Å². The van der Waals surface area contributed by atoms with Gasteiger partial charge in [0.05, 0.1) is 6.54 Å². The van der Waals surface area contributed by atoms with Crippen molar-refractivity contribution in [2.75, 3.05) is 18.5 Å². The van der Waals surface area contributed by atoms with Crippen LogP contribution in [0.2, 0.25) is 0 Å². The van der Waals surface area contributed by atoms with Crippen molar-refractivity contribution in [3.63, 3.8) is 0 Å². The van der Waals surface area contributed by atoms with Crippen molar-refractivity contribution in [3.05, 3.63) is 5.89 Å². The van der Waals surface area contributed by atoms with Crippen molar-refractivity contribution in [2.24, 2.45) is 0 Å². The molecule has 0 atom stereocenters. The van der Waals surface area contributed by atoms with Crippen LogP contribution >= 0.6 is 0 Å². The number of nitrogens with one attached hydrogen (secondary N) is 1. The molecule has 0 spiro atoms. The number of anilines is 1. The minimum atomic E-state index is 0.667. The summed E-state index contributed by atoms with van der Waals surface area (Å²) in [6.45, 7) is 3.63. The summed E-state index contributed by atoms with van der Waals surface area (Å²) < 4.78 is 5.10. The molecule has 1 aromatic heterocycles. The number of nitrogens with zero attached hydrogens (tertiary/aromatic N) is 3. The van der Waals surface area contributed by atoms with E-state index in [4.69, 9.17) is 4.52 Å². The van der Waals surface area contributed by atoms with Crippen LogP contribution in [0.15, 0.2) is 4.52 Å². The molecule has 14 heavy (non-hydrogen) atoms. The maximum atomic E-state index is 5.10. The van der Waals surface area contributed by atoms with Crippen molar-refractivity contribution in [3.8, 4) is 0 Å². The molecule has 0 aliphatic heterocycles. The zero-order valence-corrected chi connectivity index (χ0v) is 8.66. The van der Waals surface area contributed by atoms with Gasteiger partial charge in [0, 0.05) is 19.6 Å². The van der Waals surface area contributed by atoms with Crippen LogP contribution in [-0.2, 0) is 6.54 Å². The fourth-order valence-corrected chi connectivity index (χ4v) is 1.13. The molecule has 1 fully saturated rings. The van der Waals surface area contributed by atoms with E-state index in [0.29, 0.717) is 24.4 Å². The van der Waals surface area contributed by atoms with E-state index in [0.717, 1.165) is 6.54 Å². The van der Waals surface area contributed by atoms with Gasteiger partial charge in [0.2, 0.25) is 5.89 Å². The number of hydrogen-bond donors (Lipinski definition) is 1. The molecule has 5 nitrogen and oxygen atoms in total. The maximum absolute atomic E-state index is 5.10. The standard InChI is InChI=1S/C9H16N4O/c1-3-13(2)9-11-8(14-12-9)6-10-7-4-5-7/h7,10H,3-6H2,1-2H3. The van der Waals surface area contributed by atoms with Crippen LogP contribution < -0.4 is 10.2 Å². The van der Waals surface area contributed by atoms with Crippen molar-refractivity contribution in [1.29, 1.82) is 0 Å². The van der Waals surface area contributed by atoms with Crippen molar-refractivity contribution in [1.82, 2.24) is 15.5 Å². The van der Waals surface area contributed by atoms with E-state index < -0.39 is 0 Å². The number of aromatic nitrogens is 2. The number of hydrogen-bond acceptors (Lipinski definition) is 5. The topological polar surface area (TPSA) is 54.2 Å². The largest absolute Gasteiger partial charge is 0.342 e. The van der Waals surface area contributed by atoms with Gasteiger partial charge in [-0.1, -0.05) is 0 Å². The highest BCUT2D eigenvalue weighted by Gasteiger charge is 2.21. The van der Waals surface area contributed by atoms with Gasteiger partial charge in [0.1, 0.15) is 0 Å². The fraction of sp³-hybridized carbons (Fsp3) is 0.778. The van der Waals surface area contributed by atoms with Gasteiger partial charge in [-0.3, -0.25) is 0 Å². The molecule has 0 unspecified atom stereocenters. The summed E-state index contributed by atoms with van der Waals surface area (Å²) in [4.78, 5) is 6.21. The first kappa shape index (κ1) is 9.45. The summed E-state index contributed by atoms with van der Waals surface area (Å²) >= 11 is 0. The Kier molecular flexibility index (Phi) is 2.67. The van der Waals surface area contributed by atoms with Crippen LogP contribution in [0.5, 0.6) is 0 Å². The molecule has 1 heterocycles. The molecule has 1 aromatic rings. The predicted octanol–water partition coefficient (Wildman–Crippen LogP) is 0.778. The second-order valence-corrected chi connectivity index (χ2v) is 3.66. The van der Waals surface area contributed by atoms with Crippen molar-refractivity contribution < 1.29 is 4.52 Å². The molecular formula is C9H16N4O. The Labute approximate surface area is 83.5 Å². The van der Waals surface area contributed by atoms with Crippen LogP contribution in [0.25, 0.3) is 0 Å². The highest BCUT2D eigenvalue weighted by molar-refractivity contribution is 5.24. The highest BCUT2D eigenvalue weighted by atomic mass is 16.5. The minimum absolute atomic E-state index is 0.667. The molecule has 2 rings (SSSR count). The summed E-state index contributed by atoms with van der Waals surface area (Å²) in [6, 6.07) is 0.675. The van der Waals surface area contributed by atoms with Gasteiger partial charge in [-0.15, -0.1) is 0 Å². The monoisotopic (exact) mass is 196 g/mol. The van der Waals surface area contributed by atoms with Crippen LogP contribution in [0, 0.1) is 0 Å². The molecule has 0 saturated heterocycles. The Morgan fingerprint density at radius 2 is 2.36 bits per heavy atom. The molecule has 0 bridgehead atoms. The van der Waals surface area contributed by atoms with E-state index in [1.807, 2.05) is 11.9 Å². The van der Waals surface area contributed by atoms with Crippen LogP contribution in [0.1, 0.15) is 25.7 Å². The Hall–Kier alpha value is -1.10. The summed E-state index contributed by atoms with van der Waals surface area (Å²) in [5.41, 5.74) is 0. The minimum Gasteiger partial charge on any atom is -0.342 e. The van der Waals surface area contributed by atoms with Crippen molar-refractivity contribution in [2.45, 2.75) is 32.4 Å². The molecule has 0 radical (unpaired) electrons. The lowest BCUT2D eigenvalue weighted by Gasteiger charge is -2.08. The van der Waals surface area contributed by atoms with Gasteiger partial charge >= 0.3 is 0 Å². The summed E-state index contributed by atoms with van der Waals surface area (Å²) in [6.07, 6.45) is 2.55. The molecule has 1 saturated carbocycles. The van der Waals surface area contributed by atoms with Gasteiger partial charge in [-0.05, 0) is 24.9 Å². The first-order valence-electron chi connectivity index (χ1n) is 5.06. The smallest absolute Gasteiger partial charge is 0.265 e. The van der Waals surface area contributed by atoms with Crippen LogP contribution in [0.4, 0.5) is 5.95 Å². The van der Waals surface area contributed by atoms with E-state index in [1.54, 1.807) is 0 Å². The lowest BCUT2D eigenvalue weighted by molar-refractivity contribution is 0.366. The molecule has 1 aliphatic carbocycles. The SMILES string of the molecule is CCN(C)c1noc(CNC2CC2)n1. The maximum Gasteiger partial charge on any atom is 0.265 e. The molecule has 1 N–H and O–H groups in total. The van der Waals surface area contributed by atoms with Gasteiger partial charge < -0.3 is 14.7 Å². The Morgan fingerprint density at radius 1 is 1.57 bits per heavy atom. The molecule has 1 aliphatic rings. The first-order chi connectivity index (χ1) is 6.79. The Bertz CT molecular complexity index is 295. The third-order valence-corrected chi connectivity index (χ3v) is 2.39.